The molecule has 0 fully saturated rings. The van der Waals surface area contributed by atoms with Gasteiger partial charge >= 0.3 is 6.18 Å². The van der Waals surface area contributed by atoms with Crippen molar-refractivity contribution in [2.24, 2.45) is 0 Å². The lowest BCUT2D eigenvalue weighted by Crippen LogP contribution is -2.14. The van der Waals surface area contributed by atoms with Crippen molar-refractivity contribution in [2.45, 2.75) is 6.18 Å². The number of benzene rings is 2. The van der Waals surface area contributed by atoms with Crippen molar-refractivity contribution in [1.29, 1.82) is 0 Å². The fraction of sp³-hybridized carbons (Fsp3) is 0.0526. The highest BCUT2D eigenvalue weighted by Gasteiger charge is 2.30. The van der Waals surface area contributed by atoms with E-state index in [2.05, 4.69) is 15.6 Å². The molecule has 0 aliphatic rings. The Bertz CT molecular complexity index is 1000. The topological polar surface area (TPSA) is 54.0 Å². The fourth-order valence-electron chi connectivity index (χ4n) is 2.32. The van der Waals surface area contributed by atoms with Crippen molar-refractivity contribution in [3.8, 4) is 0 Å². The number of carbonyl (C=O) groups excluding carboxylic acids is 1. The average molecular weight is 393 g/mol. The first-order valence-electron chi connectivity index (χ1n) is 7.89. The molecule has 2 N–H and O–H groups in total. The number of hydrogen-bond acceptors (Lipinski definition) is 3. The van der Waals surface area contributed by atoms with Gasteiger partial charge in [-0.1, -0.05) is 6.07 Å². The minimum absolute atomic E-state index is 0.0179. The normalized spacial score (nSPS) is 11.2. The van der Waals surface area contributed by atoms with Crippen LogP contribution in [0.4, 0.5) is 39.0 Å². The van der Waals surface area contributed by atoms with Crippen molar-refractivity contribution in [2.75, 3.05) is 10.6 Å². The Morgan fingerprint density at radius 2 is 1.71 bits per heavy atom. The molecule has 4 nitrogen and oxygen atoms in total. The van der Waals surface area contributed by atoms with E-state index in [-0.39, 0.29) is 17.1 Å². The summed E-state index contributed by atoms with van der Waals surface area (Å²) < 4.78 is 64.7. The molecule has 28 heavy (non-hydrogen) atoms. The minimum atomic E-state index is -4.53. The van der Waals surface area contributed by atoms with Crippen LogP contribution in [-0.2, 0) is 6.18 Å². The van der Waals surface area contributed by atoms with E-state index < -0.39 is 29.3 Å². The van der Waals surface area contributed by atoms with Gasteiger partial charge in [0.2, 0.25) is 0 Å². The number of carbonyl (C=O) groups is 1. The highest BCUT2D eigenvalue weighted by Crippen LogP contribution is 2.30. The second kappa shape index (κ2) is 7.63. The van der Waals surface area contributed by atoms with E-state index in [1.54, 1.807) is 0 Å². The number of rotatable bonds is 4. The third-order valence-corrected chi connectivity index (χ3v) is 3.65. The maximum Gasteiger partial charge on any atom is 0.416 e. The zero-order valence-corrected chi connectivity index (χ0v) is 14.0. The molecule has 1 heterocycles. The SMILES string of the molecule is O=C(Nc1cccc(C(F)(F)F)c1)c1ccc(Nc2ccc(F)cc2F)cn1. The summed E-state index contributed by atoms with van der Waals surface area (Å²) in [5, 5.41) is 5.01. The zero-order valence-electron chi connectivity index (χ0n) is 14.0. The van der Waals surface area contributed by atoms with Gasteiger partial charge < -0.3 is 10.6 Å². The Morgan fingerprint density at radius 3 is 2.36 bits per heavy atom. The molecule has 0 radical (unpaired) electrons. The molecular formula is C19H12F5N3O. The number of aromatic nitrogens is 1. The summed E-state index contributed by atoms with van der Waals surface area (Å²) in [6.45, 7) is 0. The van der Waals surface area contributed by atoms with E-state index in [1.165, 1.54) is 36.5 Å². The first-order valence-corrected chi connectivity index (χ1v) is 7.89. The predicted molar refractivity (Wildman–Crippen MR) is 93.3 cm³/mol. The van der Waals surface area contributed by atoms with Crippen LogP contribution in [0.5, 0.6) is 0 Å². The van der Waals surface area contributed by atoms with Gasteiger partial charge in [0.1, 0.15) is 17.3 Å². The third-order valence-electron chi connectivity index (χ3n) is 3.65. The Hall–Kier alpha value is -3.49. The second-order valence-corrected chi connectivity index (χ2v) is 5.71. The van der Waals surface area contributed by atoms with E-state index in [4.69, 9.17) is 0 Å². The standard InChI is InChI=1S/C19H12F5N3O/c20-12-4-6-16(15(21)9-12)26-14-5-7-17(25-10-14)18(28)27-13-3-1-2-11(8-13)19(22,23)24/h1-10,26H,(H,27,28). The Kier molecular flexibility index (Phi) is 5.25. The summed E-state index contributed by atoms with van der Waals surface area (Å²) in [7, 11) is 0. The van der Waals surface area contributed by atoms with Gasteiger partial charge in [0.05, 0.1) is 23.1 Å². The molecule has 2 aromatic carbocycles. The van der Waals surface area contributed by atoms with E-state index >= 15 is 0 Å². The third kappa shape index (κ3) is 4.61. The van der Waals surface area contributed by atoms with Gasteiger partial charge in [0, 0.05) is 11.8 Å². The quantitative estimate of drug-likeness (QED) is 0.586. The highest BCUT2D eigenvalue weighted by molar-refractivity contribution is 6.03. The molecule has 0 bridgehead atoms. The van der Waals surface area contributed by atoms with Crippen LogP contribution in [0.3, 0.4) is 0 Å². The van der Waals surface area contributed by atoms with E-state index in [9.17, 15) is 26.7 Å². The molecule has 1 amide bonds. The summed E-state index contributed by atoms with van der Waals surface area (Å²) in [5.74, 6) is -2.23. The minimum Gasteiger partial charge on any atom is -0.352 e. The summed E-state index contributed by atoms with van der Waals surface area (Å²) in [5.41, 5.74) is -0.621. The van der Waals surface area contributed by atoms with Gasteiger partial charge in [0.15, 0.2) is 0 Å². The van der Waals surface area contributed by atoms with Gasteiger partial charge in [-0.05, 0) is 42.5 Å². The molecule has 0 saturated carbocycles. The summed E-state index contributed by atoms with van der Waals surface area (Å²) in [4.78, 5) is 16.1. The Balaban J connectivity index is 1.70. The Labute approximate surface area is 156 Å². The molecule has 0 saturated heterocycles. The van der Waals surface area contributed by atoms with Crippen molar-refractivity contribution in [3.05, 3.63) is 83.7 Å². The van der Waals surface area contributed by atoms with Gasteiger partial charge in [-0.15, -0.1) is 0 Å². The number of pyridine rings is 1. The van der Waals surface area contributed by atoms with Crippen LogP contribution in [-0.4, -0.2) is 10.9 Å². The number of halogens is 5. The van der Waals surface area contributed by atoms with Crippen LogP contribution in [0.15, 0.2) is 60.8 Å². The molecule has 144 valence electrons. The first-order chi connectivity index (χ1) is 13.2. The molecular weight excluding hydrogens is 381 g/mol. The first kappa shape index (κ1) is 19.3. The van der Waals surface area contributed by atoms with Gasteiger partial charge in [-0.25, -0.2) is 13.8 Å². The molecule has 0 unspecified atom stereocenters. The number of nitrogens with one attached hydrogen (secondary N) is 2. The number of alkyl halides is 3. The number of nitrogens with zero attached hydrogens (tertiary/aromatic N) is 1. The summed E-state index contributed by atoms with van der Waals surface area (Å²) in [6, 6.07) is 9.94. The molecule has 3 rings (SSSR count). The Morgan fingerprint density at radius 1 is 0.929 bits per heavy atom. The summed E-state index contributed by atoms with van der Waals surface area (Å²) in [6.07, 6.45) is -3.29. The molecule has 0 aliphatic carbocycles. The highest BCUT2D eigenvalue weighted by atomic mass is 19.4. The molecule has 1 aromatic heterocycles. The fourth-order valence-corrected chi connectivity index (χ4v) is 2.32. The van der Waals surface area contributed by atoms with Gasteiger partial charge in [-0.2, -0.15) is 13.2 Å². The van der Waals surface area contributed by atoms with E-state index in [0.29, 0.717) is 11.8 Å². The lowest BCUT2D eigenvalue weighted by Gasteiger charge is -2.10. The van der Waals surface area contributed by atoms with Crippen LogP contribution in [0, 0.1) is 11.6 Å². The van der Waals surface area contributed by atoms with E-state index in [1.807, 2.05) is 0 Å². The van der Waals surface area contributed by atoms with Crippen LogP contribution in [0.2, 0.25) is 0 Å². The van der Waals surface area contributed by atoms with Crippen molar-refractivity contribution < 1.29 is 26.7 Å². The van der Waals surface area contributed by atoms with Crippen molar-refractivity contribution >= 4 is 23.0 Å². The molecule has 9 heteroatoms. The van der Waals surface area contributed by atoms with Gasteiger partial charge in [0.25, 0.3) is 5.91 Å². The predicted octanol–water partition coefficient (Wildman–Crippen LogP) is 5.37. The smallest absolute Gasteiger partial charge is 0.352 e. The maximum atomic E-state index is 13.6. The molecule has 0 atom stereocenters. The number of hydrogen-bond donors (Lipinski definition) is 2. The molecule has 3 aromatic rings. The zero-order chi connectivity index (χ0) is 20.3. The second-order valence-electron chi connectivity index (χ2n) is 5.71. The number of anilines is 3. The summed E-state index contributed by atoms with van der Waals surface area (Å²) >= 11 is 0. The maximum absolute atomic E-state index is 13.6. The van der Waals surface area contributed by atoms with Crippen molar-refractivity contribution in [1.82, 2.24) is 4.98 Å². The van der Waals surface area contributed by atoms with Gasteiger partial charge in [-0.3, -0.25) is 4.79 Å². The van der Waals surface area contributed by atoms with Crippen LogP contribution in [0.25, 0.3) is 0 Å². The van der Waals surface area contributed by atoms with Crippen LogP contribution >= 0.6 is 0 Å². The van der Waals surface area contributed by atoms with Crippen molar-refractivity contribution in [3.63, 3.8) is 0 Å². The van der Waals surface area contributed by atoms with E-state index in [0.717, 1.165) is 18.2 Å². The van der Waals surface area contributed by atoms with Crippen LogP contribution in [0.1, 0.15) is 16.1 Å². The monoisotopic (exact) mass is 393 g/mol. The lowest BCUT2D eigenvalue weighted by molar-refractivity contribution is -0.137. The largest absolute Gasteiger partial charge is 0.416 e. The number of amides is 1. The molecule has 0 aliphatic heterocycles. The molecule has 0 spiro atoms. The van der Waals surface area contributed by atoms with Crippen LogP contribution < -0.4 is 10.6 Å². The lowest BCUT2D eigenvalue weighted by atomic mass is 10.2. The average Bonchev–Trinajstić information content (AvgIpc) is 2.64.